The molecule has 0 aromatic rings. The summed E-state index contributed by atoms with van der Waals surface area (Å²) in [4.78, 5) is 26.9. The van der Waals surface area contributed by atoms with Crippen LogP contribution in [0.25, 0.3) is 0 Å². The van der Waals surface area contributed by atoms with E-state index >= 15 is 0 Å². The molecule has 5 nitrogen and oxygen atoms in total. The van der Waals surface area contributed by atoms with Crippen molar-refractivity contribution in [1.29, 1.82) is 0 Å². The molecule has 2 fully saturated rings. The van der Waals surface area contributed by atoms with Crippen molar-refractivity contribution >= 4 is 11.9 Å². The summed E-state index contributed by atoms with van der Waals surface area (Å²) in [5.74, 6) is 0.399. The van der Waals surface area contributed by atoms with E-state index in [4.69, 9.17) is 9.47 Å². The molecule has 2 rings (SSSR count). The van der Waals surface area contributed by atoms with Gasteiger partial charge in [0.15, 0.2) is 0 Å². The maximum Gasteiger partial charge on any atom is 0.410 e. The Hall–Kier alpha value is -1.36. The Balaban J connectivity index is 1.88. The van der Waals surface area contributed by atoms with Crippen LogP contribution in [0, 0.1) is 5.92 Å². The predicted octanol–water partition coefficient (Wildman–Crippen LogP) is 4.11. The van der Waals surface area contributed by atoms with E-state index in [0.717, 1.165) is 25.7 Å². The Morgan fingerprint density at radius 2 is 1.80 bits per heavy atom. The number of ether oxygens (including phenoxy) is 2. The lowest BCUT2D eigenvalue weighted by molar-refractivity contribution is -0.132. The normalized spacial score (nSPS) is 26.2. The third-order valence-corrected chi connectivity index (χ3v) is 4.91. The zero-order valence-electron chi connectivity index (χ0n) is 16.0. The number of hydrogen-bond acceptors (Lipinski definition) is 4. The van der Waals surface area contributed by atoms with Gasteiger partial charge in [0.1, 0.15) is 11.4 Å². The van der Waals surface area contributed by atoms with Crippen LogP contribution in [-0.2, 0) is 14.3 Å². The molecule has 0 N–H and O–H groups in total. The van der Waals surface area contributed by atoms with Crippen molar-refractivity contribution in [1.82, 2.24) is 4.90 Å². The van der Waals surface area contributed by atoms with Gasteiger partial charge in [-0.3, -0.25) is 9.69 Å². The number of carbonyl (C=O) groups is 2. The molecule has 0 aromatic carbocycles. The third-order valence-electron chi connectivity index (χ3n) is 4.91. The van der Waals surface area contributed by atoms with Gasteiger partial charge >= 0.3 is 6.09 Å². The molecule has 0 aliphatic carbocycles. The molecule has 0 radical (unpaired) electrons. The fourth-order valence-corrected chi connectivity index (χ4v) is 3.76. The van der Waals surface area contributed by atoms with E-state index in [9.17, 15) is 9.59 Å². The van der Waals surface area contributed by atoms with Crippen LogP contribution >= 0.6 is 0 Å². The van der Waals surface area contributed by atoms with Crippen LogP contribution in [0.4, 0.5) is 4.79 Å². The first-order valence-corrected chi connectivity index (χ1v) is 9.54. The molecular formula is C20H33NO4. The van der Waals surface area contributed by atoms with E-state index in [1.54, 1.807) is 0 Å². The van der Waals surface area contributed by atoms with Crippen molar-refractivity contribution in [2.24, 2.45) is 5.92 Å². The Morgan fingerprint density at radius 3 is 2.36 bits per heavy atom. The number of carbonyl (C=O) groups excluding carboxylic acids is 2. The molecule has 1 amide bonds. The molecule has 2 aliphatic rings. The van der Waals surface area contributed by atoms with Gasteiger partial charge in [-0.15, -0.1) is 6.58 Å². The highest BCUT2D eigenvalue weighted by Crippen LogP contribution is 2.34. The second kappa shape index (κ2) is 8.84. The lowest BCUT2D eigenvalue weighted by Gasteiger charge is -2.47. The number of unbranched alkanes of at least 4 members (excludes halogenated alkanes) is 3. The summed E-state index contributed by atoms with van der Waals surface area (Å²) in [7, 11) is 0. The Kier molecular flexibility index (Phi) is 7.05. The molecule has 25 heavy (non-hydrogen) atoms. The number of fused-ring (bicyclic) bond motifs is 2. The number of piperidine rings is 1. The van der Waals surface area contributed by atoms with E-state index in [1.165, 1.54) is 0 Å². The van der Waals surface area contributed by atoms with Gasteiger partial charge in [0.2, 0.25) is 0 Å². The van der Waals surface area contributed by atoms with Crippen LogP contribution in [0.2, 0.25) is 0 Å². The van der Waals surface area contributed by atoms with Gasteiger partial charge < -0.3 is 9.47 Å². The molecule has 0 spiro atoms. The summed E-state index contributed by atoms with van der Waals surface area (Å²) in [5.41, 5.74) is -0.510. The highest BCUT2D eigenvalue weighted by atomic mass is 16.6. The smallest absolute Gasteiger partial charge is 0.410 e. The number of allylic oxidation sites excluding steroid dienone is 1. The maximum atomic E-state index is 12.6. The second-order valence-electron chi connectivity index (χ2n) is 8.26. The highest BCUT2D eigenvalue weighted by Gasteiger charge is 2.44. The number of amides is 1. The van der Waals surface area contributed by atoms with Crippen molar-refractivity contribution in [3.63, 3.8) is 0 Å². The zero-order valence-corrected chi connectivity index (χ0v) is 16.0. The fourth-order valence-electron chi connectivity index (χ4n) is 3.76. The van der Waals surface area contributed by atoms with Crippen molar-refractivity contribution < 1.29 is 19.1 Å². The average Bonchev–Trinajstić information content (AvgIpc) is 2.51. The zero-order chi connectivity index (χ0) is 18.4. The van der Waals surface area contributed by atoms with Gasteiger partial charge in [-0.2, -0.15) is 0 Å². The summed E-state index contributed by atoms with van der Waals surface area (Å²) >= 11 is 0. The summed E-state index contributed by atoms with van der Waals surface area (Å²) < 4.78 is 11.2. The molecule has 5 heteroatoms. The average molecular weight is 351 g/mol. The first-order chi connectivity index (χ1) is 11.8. The lowest BCUT2D eigenvalue weighted by Crippen LogP contribution is -2.60. The van der Waals surface area contributed by atoms with Gasteiger partial charge in [-0.25, -0.2) is 4.79 Å². The van der Waals surface area contributed by atoms with E-state index in [1.807, 2.05) is 31.7 Å². The van der Waals surface area contributed by atoms with Crippen molar-refractivity contribution in [2.45, 2.75) is 83.4 Å². The summed E-state index contributed by atoms with van der Waals surface area (Å²) in [5, 5.41) is 0. The topological polar surface area (TPSA) is 55.8 Å². The van der Waals surface area contributed by atoms with Gasteiger partial charge in [0.25, 0.3) is 0 Å². The van der Waals surface area contributed by atoms with Crippen molar-refractivity contribution in [3.05, 3.63) is 12.7 Å². The van der Waals surface area contributed by atoms with Crippen LogP contribution in [0.1, 0.15) is 65.7 Å². The van der Waals surface area contributed by atoms with Gasteiger partial charge in [-0.1, -0.05) is 12.5 Å². The van der Waals surface area contributed by atoms with Gasteiger partial charge in [0, 0.05) is 12.3 Å². The SMILES string of the molecule is C=CCCCCCC(=O)C1CC2COCC(C1)N2C(=O)OC(C)(C)C. The molecule has 2 heterocycles. The second-order valence-corrected chi connectivity index (χ2v) is 8.26. The number of Topliss-reactive ketones (excluding diaryl/α,β-unsaturated/α-hetero) is 1. The van der Waals surface area contributed by atoms with E-state index in [0.29, 0.717) is 38.3 Å². The molecule has 2 unspecified atom stereocenters. The highest BCUT2D eigenvalue weighted by molar-refractivity contribution is 5.81. The first kappa shape index (κ1) is 20.0. The molecule has 2 aliphatic heterocycles. The molecule has 2 bridgehead atoms. The summed E-state index contributed by atoms with van der Waals surface area (Å²) in [6, 6.07) is -0.0888. The number of hydrogen-bond donors (Lipinski definition) is 0. The Bertz CT molecular complexity index is 469. The predicted molar refractivity (Wildman–Crippen MR) is 97.5 cm³/mol. The minimum Gasteiger partial charge on any atom is -0.444 e. The Morgan fingerprint density at radius 1 is 1.16 bits per heavy atom. The van der Waals surface area contributed by atoms with Crippen molar-refractivity contribution in [3.8, 4) is 0 Å². The largest absolute Gasteiger partial charge is 0.444 e. The van der Waals surface area contributed by atoms with Gasteiger partial charge in [-0.05, 0) is 52.9 Å². The minimum absolute atomic E-state index is 0.0444. The molecule has 142 valence electrons. The van der Waals surface area contributed by atoms with E-state index < -0.39 is 5.60 Å². The van der Waals surface area contributed by atoms with Crippen LogP contribution < -0.4 is 0 Å². The molecule has 2 atom stereocenters. The van der Waals surface area contributed by atoms with Crippen LogP contribution in [0.5, 0.6) is 0 Å². The summed E-state index contributed by atoms with van der Waals surface area (Å²) in [6.45, 7) is 10.3. The maximum absolute atomic E-state index is 12.6. The minimum atomic E-state index is -0.510. The fraction of sp³-hybridized carbons (Fsp3) is 0.800. The number of ketones is 1. The number of rotatable bonds is 7. The molecule has 0 aromatic heterocycles. The standard InChI is InChI=1S/C20H33NO4/c1-5-6-7-8-9-10-18(22)15-11-16-13-24-14-17(12-15)21(16)19(23)25-20(2,3)4/h5,15-17H,1,6-14H2,2-4H3. The number of nitrogens with zero attached hydrogens (tertiary/aromatic N) is 1. The Labute approximate surface area is 151 Å². The van der Waals surface area contributed by atoms with E-state index in [-0.39, 0.29) is 24.1 Å². The lowest BCUT2D eigenvalue weighted by atomic mass is 9.81. The van der Waals surface area contributed by atoms with Gasteiger partial charge in [0.05, 0.1) is 25.3 Å². The first-order valence-electron chi connectivity index (χ1n) is 9.54. The van der Waals surface area contributed by atoms with E-state index in [2.05, 4.69) is 6.58 Å². The van der Waals surface area contributed by atoms with Crippen LogP contribution in [0.3, 0.4) is 0 Å². The quantitative estimate of drug-likeness (QED) is 0.512. The molecule has 0 saturated carbocycles. The van der Waals surface area contributed by atoms with Crippen LogP contribution in [-0.4, -0.2) is 47.7 Å². The number of morpholine rings is 1. The monoisotopic (exact) mass is 351 g/mol. The molecular weight excluding hydrogens is 318 g/mol. The summed E-state index contributed by atoms with van der Waals surface area (Å²) in [6.07, 6.45) is 7.83. The van der Waals surface area contributed by atoms with Crippen LogP contribution in [0.15, 0.2) is 12.7 Å². The van der Waals surface area contributed by atoms with Crippen molar-refractivity contribution in [2.75, 3.05) is 13.2 Å². The molecule has 2 saturated heterocycles. The third kappa shape index (κ3) is 5.84.